The van der Waals surface area contributed by atoms with E-state index in [1.807, 2.05) is 60.7 Å². The summed E-state index contributed by atoms with van der Waals surface area (Å²) >= 11 is 0. The number of fused-ring (bicyclic) bond motifs is 1. The van der Waals surface area contributed by atoms with Crippen molar-refractivity contribution in [1.82, 2.24) is 19.8 Å². The summed E-state index contributed by atoms with van der Waals surface area (Å²) in [5.74, 6) is -1.85. The van der Waals surface area contributed by atoms with Gasteiger partial charge in [-0.25, -0.2) is 9.18 Å². The average molecular weight is 813 g/mol. The minimum absolute atomic E-state index is 0.0743. The van der Waals surface area contributed by atoms with E-state index in [2.05, 4.69) is 10.6 Å². The Morgan fingerprint density at radius 3 is 1.88 bits per heavy atom. The fourth-order valence-electron chi connectivity index (χ4n) is 7.63. The smallest absolute Gasteiger partial charge is 0.330 e. The zero-order valence-corrected chi connectivity index (χ0v) is 33.6. The number of benzene rings is 5. The minimum atomic E-state index is -1.33. The van der Waals surface area contributed by atoms with Gasteiger partial charge in [0.05, 0.1) is 25.3 Å². The molecule has 4 amide bonds. The van der Waals surface area contributed by atoms with Crippen LogP contribution in [0.4, 0.5) is 15.8 Å². The van der Waals surface area contributed by atoms with Crippen molar-refractivity contribution in [2.45, 2.75) is 43.4 Å². The first-order valence-corrected chi connectivity index (χ1v) is 19.3. The molecule has 14 heteroatoms. The number of carbonyl (C=O) groups excluding carboxylic acids is 4. The van der Waals surface area contributed by atoms with Gasteiger partial charge in [-0.15, -0.1) is 0 Å². The maximum absolute atomic E-state index is 14.8. The molecular weight excluding hydrogens is 768 g/mol. The monoisotopic (exact) mass is 812 g/mol. The van der Waals surface area contributed by atoms with Crippen LogP contribution in [0.25, 0.3) is 11.0 Å². The largest absolute Gasteiger partial charge is 0.497 e. The molecule has 3 atom stereocenters. The highest BCUT2D eigenvalue weighted by Gasteiger charge is 2.62. The molecule has 7 rings (SSSR count). The second-order valence-corrected chi connectivity index (χ2v) is 14.7. The molecule has 1 aromatic heterocycles. The third kappa shape index (κ3) is 8.48. The molecule has 2 N–H and O–H groups in total. The lowest BCUT2D eigenvalue weighted by molar-refractivity contribution is -0.128. The third-order valence-electron chi connectivity index (χ3n) is 11.0. The number of nitrogens with one attached hydrogen (secondary N) is 2. The van der Waals surface area contributed by atoms with E-state index in [4.69, 9.17) is 9.47 Å². The number of likely N-dealkylation sites (N-methyl/N-ethyl adjacent to an activating group) is 2. The first-order chi connectivity index (χ1) is 28.9. The summed E-state index contributed by atoms with van der Waals surface area (Å²) in [4.78, 5) is 73.2. The van der Waals surface area contributed by atoms with Crippen molar-refractivity contribution in [3.05, 3.63) is 155 Å². The molecule has 1 unspecified atom stereocenters. The summed E-state index contributed by atoms with van der Waals surface area (Å²) in [5.41, 5.74) is 0.995. The Kier molecular flexibility index (Phi) is 11.8. The highest BCUT2D eigenvalue weighted by Crippen LogP contribution is 2.53. The Morgan fingerprint density at radius 1 is 0.733 bits per heavy atom. The van der Waals surface area contributed by atoms with Crippen molar-refractivity contribution in [3.63, 3.8) is 0 Å². The van der Waals surface area contributed by atoms with Crippen LogP contribution >= 0.6 is 0 Å². The Balaban J connectivity index is 1.14. The van der Waals surface area contributed by atoms with Gasteiger partial charge in [0.1, 0.15) is 42.0 Å². The normalized spacial score (nSPS) is 16.1. The number of carbonyl (C=O) groups is 4. The number of anilines is 2. The maximum Gasteiger partial charge on any atom is 0.330 e. The molecule has 6 aromatic rings. The van der Waals surface area contributed by atoms with Crippen LogP contribution in [-0.4, -0.2) is 72.7 Å². The number of methoxy groups -OCH3 is 2. The molecule has 308 valence electrons. The molecule has 1 heterocycles. The molecule has 1 aliphatic rings. The molecule has 1 aliphatic carbocycles. The molecule has 13 nitrogen and oxygen atoms in total. The van der Waals surface area contributed by atoms with Crippen molar-refractivity contribution in [2.75, 3.05) is 38.1 Å². The highest BCUT2D eigenvalue weighted by atomic mass is 19.1. The number of amides is 4. The van der Waals surface area contributed by atoms with E-state index in [9.17, 15) is 28.4 Å². The van der Waals surface area contributed by atoms with Gasteiger partial charge >= 0.3 is 5.69 Å². The van der Waals surface area contributed by atoms with E-state index < -0.39 is 53.9 Å². The van der Waals surface area contributed by atoms with Crippen molar-refractivity contribution in [1.29, 1.82) is 0 Å². The number of ether oxygens (including phenoxy) is 2. The van der Waals surface area contributed by atoms with Gasteiger partial charge in [-0.1, -0.05) is 60.7 Å². The van der Waals surface area contributed by atoms with E-state index in [0.717, 1.165) is 32.4 Å². The van der Waals surface area contributed by atoms with E-state index in [1.54, 1.807) is 76.8 Å². The molecule has 0 aliphatic heterocycles. The summed E-state index contributed by atoms with van der Waals surface area (Å²) in [6.07, 6.45) is 0.468. The van der Waals surface area contributed by atoms with E-state index in [0.29, 0.717) is 29.3 Å². The number of aromatic nitrogens is 2. The molecule has 1 fully saturated rings. The highest BCUT2D eigenvalue weighted by molar-refractivity contribution is 6.05. The SMILES string of the molecule is COc1ccc(N(C)C(=O)[C@H](Cc2ccccc2)NC(=O)Cn2c(=O)n(CC(=O)N[C@]3(C(=O)N(C)c4ccc(OC)cc4)CC3c3ccccc3)c3cc(F)ccc32)cc1. The molecule has 60 heavy (non-hydrogen) atoms. The van der Waals surface area contributed by atoms with Gasteiger partial charge in [-0.2, -0.15) is 0 Å². The summed E-state index contributed by atoms with van der Waals surface area (Å²) in [6, 6.07) is 35.0. The van der Waals surface area contributed by atoms with Crippen LogP contribution in [0.15, 0.2) is 132 Å². The lowest BCUT2D eigenvalue weighted by Gasteiger charge is -2.26. The summed E-state index contributed by atoms with van der Waals surface area (Å²) < 4.78 is 27.5. The molecule has 0 radical (unpaired) electrons. The van der Waals surface area contributed by atoms with Gasteiger partial charge in [0.25, 0.3) is 5.91 Å². The first kappa shape index (κ1) is 41.0. The number of imidazole rings is 1. The fourth-order valence-corrected chi connectivity index (χ4v) is 7.63. The van der Waals surface area contributed by atoms with Gasteiger partial charge in [-0.05, 0) is 84.3 Å². The first-order valence-electron chi connectivity index (χ1n) is 19.3. The lowest BCUT2D eigenvalue weighted by Crippen LogP contribution is -2.52. The van der Waals surface area contributed by atoms with Gasteiger partial charge in [0.15, 0.2) is 0 Å². The topological polar surface area (TPSA) is 144 Å². The number of nitrogens with zero attached hydrogens (tertiary/aromatic N) is 4. The second-order valence-electron chi connectivity index (χ2n) is 14.7. The van der Waals surface area contributed by atoms with Crippen LogP contribution in [0.3, 0.4) is 0 Å². The Hall–Kier alpha value is -7.22. The van der Waals surface area contributed by atoms with Crippen LogP contribution in [0.2, 0.25) is 0 Å². The number of halogens is 1. The molecule has 5 aromatic carbocycles. The molecular formula is C46H45FN6O7. The van der Waals surface area contributed by atoms with E-state index in [-0.39, 0.29) is 29.3 Å². The van der Waals surface area contributed by atoms with Gasteiger partial charge < -0.3 is 29.9 Å². The number of hydrogen-bond acceptors (Lipinski definition) is 7. The van der Waals surface area contributed by atoms with Gasteiger partial charge in [-0.3, -0.25) is 28.3 Å². The van der Waals surface area contributed by atoms with Gasteiger partial charge in [0.2, 0.25) is 17.7 Å². The Morgan fingerprint density at radius 2 is 1.28 bits per heavy atom. The summed E-state index contributed by atoms with van der Waals surface area (Å²) in [7, 11) is 6.32. The van der Waals surface area contributed by atoms with E-state index in [1.165, 1.54) is 15.9 Å². The predicted molar refractivity (Wildman–Crippen MR) is 226 cm³/mol. The van der Waals surface area contributed by atoms with Crippen LogP contribution < -0.4 is 35.6 Å². The van der Waals surface area contributed by atoms with Gasteiger partial charge in [0, 0.05) is 37.8 Å². The molecule has 0 spiro atoms. The van der Waals surface area contributed by atoms with Crippen molar-refractivity contribution >= 4 is 46.0 Å². The van der Waals surface area contributed by atoms with Crippen molar-refractivity contribution < 1.29 is 33.0 Å². The predicted octanol–water partition coefficient (Wildman–Crippen LogP) is 5.06. The quantitative estimate of drug-likeness (QED) is 0.148. The lowest BCUT2D eigenvalue weighted by atomic mass is 10.0. The Bertz CT molecular complexity index is 2580. The van der Waals surface area contributed by atoms with Crippen LogP contribution in [0.5, 0.6) is 11.5 Å². The fraction of sp³-hybridized carbons (Fsp3) is 0.239. The number of rotatable bonds is 15. The number of hydrogen-bond donors (Lipinski definition) is 2. The van der Waals surface area contributed by atoms with Crippen LogP contribution in [0.1, 0.15) is 23.5 Å². The van der Waals surface area contributed by atoms with Crippen LogP contribution in [0, 0.1) is 5.82 Å². The summed E-state index contributed by atoms with van der Waals surface area (Å²) in [5, 5.41) is 5.76. The van der Waals surface area contributed by atoms with Crippen molar-refractivity contribution in [3.8, 4) is 11.5 Å². The zero-order valence-electron chi connectivity index (χ0n) is 33.6. The second kappa shape index (κ2) is 17.3. The minimum Gasteiger partial charge on any atom is -0.497 e. The molecule has 0 saturated heterocycles. The molecule has 0 bridgehead atoms. The van der Waals surface area contributed by atoms with Crippen LogP contribution in [-0.2, 0) is 38.7 Å². The standard InChI is InChI=1S/C46H45FN6O7/c1-50(33-16-20-35(59-3)21-17-33)43(56)38(25-30-11-7-5-8-12-30)48-41(54)28-52-39-24-15-32(47)26-40(39)53(45(52)58)29-42(55)49-46(27-37(46)31-13-9-6-10-14-31)44(57)51(2)34-18-22-36(60-4)23-19-34/h5-24,26,37-38H,25,27-29H2,1-4H3,(H,48,54)(H,49,55)/t37?,38-,46+/m0/s1. The Labute approximate surface area is 345 Å². The average Bonchev–Trinajstić information content (AvgIpc) is 3.95. The van der Waals surface area contributed by atoms with E-state index >= 15 is 0 Å². The maximum atomic E-state index is 14.8. The summed E-state index contributed by atoms with van der Waals surface area (Å²) in [6.45, 7) is -1.11. The molecule has 1 saturated carbocycles. The zero-order chi connectivity index (χ0) is 42.6. The van der Waals surface area contributed by atoms with Crippen molar-refractivity contribution in [2.24, 2.45) is 0 Å². The third-order valence-corrected chi connectivity index (χ3v) is 11.0.